The number of hydrogen-bond donors (Lipinski definition) is 0. The smallest absolute Gasteiger partial charge is 0.435 e. The molecule has 0 radical (unpaired) electrons. The molecule has 39 heavy (non-hydrogen) atoms. The Morgan fingerprint density at radius 1 is 0.923 bits per heavy atom. The normalized spacial score (nSPS) is 11.9. The average molecular weight is 554 g/mol. The highest BCUT2D eigenvalue weighted by molar-refractivity contribution is 6.02. The lowest BCUT2D eigenvalue weighted by Crippen LogP contribution is -2.62. The van der Waals surface area contributed by atoms with E-state index in [1.54, 1.807) is 6.92 Å². The van der Waals surface area contributed by atoms with Crippen molar-refractivity contribution in [1.82, 2.24) is 25.0 Å². The molecular formula is C25H33F2N5O7. The van der Waals surface area contributed by atoms with E-state index >= 15 is 8.78 Å². The second-order valence-electron chi connectivity index (χ2n) is 10.3. The number of benzene rings is 1. The van der Waals surface area contributed by atoms with Gasteiger partial charge in [-0.25, -0.2) is 19.3 Å². The van der Waals surface area contributed by atoms with Crippen molar-refractivity contribution in [3.8, 4) is 0 Å². The van der Waals surface area contributed by atoms with Gasteiger partial charge in [0.15, 0.2) is 0 Å². The fourth-order valence-electron chi connectivity index (χ4n) is 3.04. The quantitative estimate of drug-likeness (QED) is 0.155. The zero-order valence-electron chi connectivity index (χ0n) is 22.9. The number of nitrogens with zero attached hydrogens (tertiary/aromatic N) is 5. The van der Waals surface area contributed by atoms with Crippen molar-refractivity contribution in [3.63, 3.8) is 0 Å². The van der Waals surface area contributed by atoms with Gasteiger partial charge in [-0.2, -0.15) is 8.78 Å². The Labute approximate surface area is 224 Å². The van der Waals surface area contributed by atoms with Crippen molar-refractivity contribution in [1.29, 1.82) is 0 Å². The number of hydrogen-bond acceptors (Lipinski definition) is 9. The Bertz CT molecular complexity index is 1170. The van der Waals surface area contributed by atoms with Crippen LogP contribution in [-0.2, 0) is 32.1 Å². The molecule has 0 unspecified atom stereocenters. The maximum absolute atomic E-state index is 15.9. The Morgan fingerprint density at radius 3 is 2.03 bits per heavy atom. The topological polar surface area (TPSA) is 133 Å². The van der Waals surface area contributed by atoms with Crippen LogP contribution >= 0.6 is 0 Å². The van der Waals surface area contributed by atoms with Crippen LogP contribution in [0.3, 0.4) is 0 Å². The molecule has 2 aromatic rings. The molecule has 0 aliphatic carbocycles. The Balaban J connectivity index is 2.59. The zero-order chi connectivity index (χ0) is 29.6. The first-order chi connectivity index (χ1) is 17.9. The van der Waals surface area contributed by atoms with Gasteiger partial charge in [0.25, 0.3) is 5.78 Å². The molecule has 0 aliphatic rings. The SMILES string of the molecule is CCOC(=O)Cn1cc(CN(C(=O)OC(C)(C)C)N(C(=O)OC(C)(C)C)C(F)(F)C(=O)c2ccccc2)nn1. The van der Waals surface area contributed by atoms with Crippen LogP contribution in [0.5, 0.6) is 0 Å². The number of carbonyl (C=O) groups excluding carboxylic acids is 4. The van der Waals surface area contributed by atoms with Gasteiger partial charge in [-0.05, 0) is 48.5 Å². The minimum atomic E-state index is -4.61. The van der Waals surface area contributed by atoms with Crippen LogP contribution in [0.4, 0.5) is 18.4 Å². The molecule has 2 rings (SSSR count). The molecule has 0 saturated heterocycles. The van der Waals surface area contributed by atoms with Crippen molar-refractivity contribution in [2.45, 2.75) is 78.8 Å². The van der Waals surface area contributed by atoms with Crippen LogP contribution < -0.4 is 0 Å². The minimum Gasteiger partial charge on any atom is -0.465 e. The van der Waals surface area contributed by atoms with E-state index in [1.807, 2.05) is 0 Å². The molecule has 0 spiro atoms. The lowest BCUT2D eigenvalue weighted by molar-refractivity contribution is -0.189. The summed E-state index contributed by atoms with van der Waals surface area (Å²) < 4.78 is 48.2. The van der Waals surface area contributed by atoms with E-state index in [9.17, 15) is 19.2 Å². The highest BCUT2D eigenvalue weighted by Gasteiger charge is 2.55. The summed E-state index contributed by atoms with van der Waals surface area (Å²) in [5, 5.41) is 7.37. The third kappa shape index (κ3) is 9.00. The van der Waals surface area contributed by atoms with E-state index in [-0.39, 0.29) is 28.9 Å². The van der Waals surface area contributed by atoms with Crippen LogP contribution in [0, 0.1) is 0 Å². The van der Waals surface area contributed by atoms with Gasteiger partial charge in [0.05, 0.1) is 19.3 Å². The lowest BCUT2D eigenvalue weighted by Gasteiger charge is -2.39. The standard InChI is InChI=1S/C25H33F2N5O7/c1-8-37-19(33)16-30-14-18(28-29-30)15-31(21(35)38-23(2,3)4)32(22(36)39-24(5,6)7)25(26,27)20(34)17-12-10-9-11-13-17/h9-14H,8,15-16H2,1-7H3. The maximum Gasteiger partial charge on any atom is 0.435 e. The summed E-state index contributed by atoms with van der Waals surface area (Å²) in [5.41, 5.74) is -2.97. The first-order valence-corrected chi connectivity index (χ1v) is 12.0. The number of hydrazine groups is 1. The summed E-state index contributed by atoms with van der Waals surface area (Å²) in [6, 6.07) is 1.93. The number of ketones is 1. The predicted molar refractivity (Wildman–Crippen MR) is 132 cm³/mol. The van der Waals surface area contributed by atoms with Gasteiger partial charge in [0.1, 0.15) is 23.4 Å². The van der Waals surface area contributed by atoms with Gasteiger partial charge in [-0.3, -0.25) is 9.59 Å². The fraction of sp³-hybridized carbons (Fsp3) is 0.520. The third-order valence-electron chi connectivity index (χ3n) is 4.48. The lowest BCUT2D eigenvalue weighted by atomic mass is 10.1. The van der Waals surface area contributed by atoms with E-state index in [0.717, 1.165) is 16.8 Å². The molecule has 0 fully saturated rings. The summed E-state index contributed by atoms with van der Waals surface area (Å²) in [4.78, 5) is 51.2. The van der Waals surface area contributed by atoms with Crippen LogP contribution in [0.2, 0.25) is 0 Å². The molecular weight excluding hydrogens is 520 g/mol. The Hall–Kier alpha value is -4.10. The molecule has 12 nitrogen and oxygen atoms in total. The molecule has 0 atom stereocenters. The van der Waals surface area contributed by atoms with Crippen LogP contribution in [0.15, 0.2) is 36.5 Å². The summed E-state index contributed by atoms with van der Waals surface area (Å²) in [6.45, 7) is 9.36. The van der Waals surface area contributed by atoms with E-state index in [1.165, 1.54) is 65.9 Å². The number of esters is 1. The van der Waals surface area contributed by atoms with Gasteiger partial charge < -0.3 is 14.2 Å². The number of amides is 2. The highest BCUT2D eigenvalue weighted by atomic mass is 19.3. The van der Waals surface area contributed by atoms with Gasteiger partial charge in [-0.15, -0.1) is 10.1 Å². The molecule has 0 bridgehead atoms. The highest BCUT2D eigenvalue weighted by Crippen LogP contribution is 2.31. The number of aromatic nitrogens is 3. The Morgan fingerprint density at radius 2 is 1.49 bits per heavy atom. The number of halogens is 2. The van der Waals surface area contributed by atoms with Crippen molar-refractivity contribution in [2.24, 2.45) is 0 Å². The molecule has 2 amide bonds. The zero-order valence-corrected chi connectivity index (χ0v) is 22.9. The van der Waals surface area contributed by atoms with Crippen molar-refractivity contribution >= 4 is 23.9 Å². The first kappa shape index (κ1) is 31.1. The molecule has 214 valence electrons. The van der Waals surface area contributed by atoms with Crippen molar-refractivity contribution in [2.75, 3.05) is 6.61 Å². The number of Topliss-reactive ketones (excluding diaryl/α,β-unsaturated/α-hetero) is 1. The van der Waals surface area contributed by atoms with Crippen LogP contribution in [-0.4, -0.2) is 72.8 Å². The second-order valence-corrected chi connectivity index (χ2v) is 10.3. The molecule has 14 heteroatoms. The molecule has 0 N–H and O–H groups in total. The monoisotopic (exact) mass is 553 g/mol. The van der Waals surface area contributed by atoms with Gasteiger partial charge in [0.2, 0.25) is 0 Å². The van der Waals surface area contributed by atoms with Crippen molar-refractivity contribution in [3.05, 3.63) is 47.8 Å². The van der Waals surface area contributed by atoms with E-state index in [2.05, 4.69) is 10.3 Å². The minimum absolute atomic E-state index is 0.110. The van der Waals surface area contributed by atoms with Crippen molar-refractivity contribution < 1.29 is 42.2 Å². The average Bonchev–Trinajstić information content (AvgIpc) is 3.23. The summed E-state index contributed by atoms with van der Waals surface area (Å²) in [5.74, 6) is -2.40. The van der Waals surface area contributed by atoms with E-state index in [4.69, 9.17) is 14.2 Å². The number of rotatable bonds is 8. The number of ether oxygens (including phenoxy) is 3. The number of alkyl halides is 2. The van der Waals surface area contributed by atoms with Gasteiger partial charge in [-0.1, -0.05) is 35.5 Å². The first-order valence-electron chi connectivity index (χ1n) is 12.0. The summed E-state index contributed by atoms with van der Waals surface area (Å²) in [7, 11) is 0. The molecule has 1 heterocycles. The van der Waals surface area contributed by atoms with Crippen LogP contribution in [0.1, 0.15) is 64.5 Å². The third-order valence-corrected chi connectivity index (χ3v) is 4.48. The fourth-order valence-corrected chi connectivity index (χ4v) is 3.04. The maximum atomic E-state index is 15.9. The molecule has 1 aromatic heterocycles. The predicted octanol–water partition coefficient (Wildman–Crippen LogP) is 4.21. The summed E-state index contributed by atoms with van der Waals surface area (Å²) in [6.07, 6.45) is -1.89. The molecule has 0 saturated carbocycles. The largest absolute Gasteiger partial charge is 0.465 e. The van der Waals surface area contributed by atoms with Gasteiger partial charge >= 0.3 is 24.2 Å². The molecule has 0 aliphatic heterocycles. The van der Waals surface area contributed by atoms with E-state index in [0.29, 0.717) is 0 Å². The molecule has 1 aromatic carbocycles. The Kier molecular flexibility index (Phi) is 9.71. The summed E-state index contributed by atoms with van der Waals surface area (Å²) >= 11 is 0. The van der Waals surface area contributed by atoms with Gasteiger partial charge in [0, 0.05) is 5.56 Å². The number of carbonyl (C=O) groups is 4. The second kappa shape index (κ2) is 12.2. The van der Waals surface area contributed by atoms with E-state index < -0.39 is 53.3 Å². The van der Waals surface area contributed by atoms with Crippen LogP contribution in [0.25, 0.3) is 0 Å².